The number of hydrogen-bond donors (Lipinski definition) is 2. The average molecular weight is 365 g/mol. The molecule has 0 aliphatic rings. The third-order valence-corrected chi connectivity index (χ3v) is 4.47. The minimum absolute atomic E-state index is 0.620. The van der Waals surface area contributed by atoms with Crippen LogP contribution in [0.4, 0.5) is 5.69 Å². The normalized spacial score (nSPS) is 10.5. The summed E-state index contributed by atoms with van der Waals surface area (Å²) in [6.07, 6.45) is 2.04. The van der Waals surface area contributed by atoms with E-state index < -0.39 is 0 Å². The number of benzene rings is 3. The van der Waals surface area contributed by atoms with E-state index in [9.17, 15) is 0 Å². The first-order valence-corrected chi connectivity index (χ1v) is 9.42. The standard InChI is InChI=1S/C22H24N2OS/c1-2-25-21-15-6-5-14-20(21)24-22(26)23-16-8-12-18-11-7-10-17-9-3-4-13-19(17)18/h3-7,9-11,13-15H,2,8,12,16H2,1H3,(H2,23,24,26). The topological polar surface area (TPSA) is 33.3 Å². The molecule has 4 heteroatoms. The molecule has 26 heavy (non-hydrogen) atoms. The number of thiocarbonyl (C=S) groups is 1. The fourth-order valence-electron chi connectivity index (χ4n) is 3.01. The lowest BCUT2D eigenvalue weighted by atomic mass is 10.0. The number of nitrogens with one attached hydrogen (secondary N) is 2. The lowest BCUT2D eigenvalue weighted by Gasteiger charge is -2.14. The minimum atomic E-state index is 0.620. The van der Waals surface area contributed by atoms with Crippen molar-refractivity contribution in [3.8, 4) is 5.75 Å². The Bertz CT molecular complexity index is 873. The number of ether oxygens (including phenoxy) is 1. The van der Waals surface area contributed by atoms with Gasteiger partial charge in [-0.1, -0.05) is 54.6 Å². The maximum Gasteiger partial charge on any atom is 0.170 e. The van der Waals surface area contributed by atoms with Crippen LogP contribution in [0.3, 0.4) is 0 Å². The predicted octanol–water partition coefficient (Wildman–Crippen LogP) is 5.16. The van der Waals surface area contributed by atoms with Crippen molar-refractivity contribution in [2.45, 2.75) is 19.8 Å². The van der Waals surface area contributed by atoms with E-state index in [1.807, 2.05) is 31.2 Å². The zero-order chi connectivity index (χ0) is 18.2. The van der Waals surface area contributed by atoms with Crippen molar-refractivity contribution in [2.75, 3.05) is 18.5 Å². The molecule has 0 radical (unpaired) electrons. The number of rotatable bonds is 7. The highest BCUT2D eigenvalue weighted by molar-refractivity contribution is 7.80. The molecule has 3 aromatic rings. The molecule has 3 aromatic carbocycles. The molecular weight excluding hydrogens is 340 g/mol. The Morgan fingerprint density at radius 1 is 0.962 bits per heavy atom. The number of hydrogen-bond acceptors (Lipinski definition) is 2. The first-order chi connectivity index (χ1) is 12.8. The van der Waals surface area contributed by atoms with Gasteiger partial charge in [0, 0.05) is 6.54 Å². The van der Waals surface area contributed by atoms with Gasteiger partial charge in [-0.15, -0.1) is 0 Å². The molecule has 0 saturated heterocycles. The molecule has 134 valence electrons. The van der Waals surface area contributed by atoms with Gasteiger partial charge >= 0.3 is 0 Å². The van der Waals surface area contributed by atoms with Crippen molar-refractivity contribution in [3.05, 3.63) is 72.3 Å². The van der Waals surface area contributed by atoms with Crippen LogP contribution in [-0.2, 0) is 6.42 Å². The number of fused-ring (bicyclic) bond motifs is 1. The summed E-state index contributed by atoms with van der Waals surface area (Å²) in [5.74, 6) is 0.815. The van der Waals surface area contributed by atoms with Crippen molar-refractivity contribution in [2.24, 2.45) is 0 Å². The van der Waals surface area contributed by atoms with E-state index in [4.69, 9.17) is 17.0 Å². The second kappa shape index (κ2) is 9.20. The van der Waals surface area contributed by atoms with Crippen molar-refractivity contribution in [1.82, 2.24) is 5.32 Å². The quantitative estimate of drug-likeness (QED) is 0.448. The highest BCUT2D eigenvalue weighted by Crippen LogP contribution is 2.23. The summed E-state index contributed by atoms with van der Waals surface area (Å²) in [6, 6.07) is 22.8. The maximum absolute atomic E-state index is 5.61. The molecule has 0 aliphatic carbocycles. The Morgan fingerprint density at radius 2 is 1.73 bits per heavy atom. The largest absolute Gasteiger partial charge is 0.492 e. The van der Waals surface area contributed by atoms with Crippen molar-refractivity contribution < 1.29 is 4.74 Å². The van der Waals surface area contributed by atoms with Crippen LogP contribution in [-0.4, -0.2) is 18.3 Å². The summed E-state index contributed by atoms with van der Waals surface area (Å²) in [5.41, 5.74) is 2.27. The van der Waals surface area contributed by atoms with Crippen LogP contribution in [0.2, 0.25) is 0 Å². The molecule has 0 aromatic heterocycles. The summed E-state index contributed by atoms with van der Waals surface area (Å²) in [7, 11) is 0. The molecule has 0 fully saturated rings. The Labute approximate surface area is 160 Å². The molecule has 3 nitrogen and oxygen atoms in total. The van der Waals surface area contributed by atoms with Gasteiger partial charge in [-0.3, -0.25) is 0 Å². The smallest absolute Gasteiger partial charge is 0.170 e. The summed E-state index contributed by atoms with van der Waals surface area (Å²) < 4.78 is 5.61. The lowest BCUT2D eigenvalue weighted by molar-refractivity contribution is 0.342. The van der Waals surface area contributed by atoms with E-state index in [1.54, 1.807) is 0 Å². The van der Waals surface area contributed by atoms with Gasteiger partial charge in [0.15, 0.2) is 5.11 Å². The highest BCUT2D eigenvalue weighted by atomic mass is 32.1. The van der Waals surface area contributed by atoms with Gasteiger partial charge < -0.3 is 15.4 Å². The zero-order valence-corrected chi connectivity index (χ0v) is 15.8. The Balaban J connectivity index is 1.50. The molecule has 0 atom stereocenters. The number of para-hydroxylation sites is 2. The van der Waals surface area contributed by atoms with Gasteiger partial charge in [0.1, 0.15) is 5.75 Å². The van der Waals surface area contributed by atoms with Crippen LogP contribution >= 0.6 is 12.2 Å². The first kappa shape index (κ1) is 18.2. The molecular formula is C22H24N2OS. The van der Waals surface area contributed by atoms with Crippen LogP contribution in [0.1, 0.15) is 18.9 Å². The van der Waals surface area contributed by atoms with Crippen LogP contribution in [0.25, 0.3) is 10.8 Å². The molecule has 2 N–H and O–H groups in total. The lowest BCUT2D eigenvalue weighted by Crippen LogP contribution is -2.29. The third-order valence-electron chi connectivity index (χ3n) is 4.22. The van der Waals surface area contributed by atoms with E-state index in [0.717, 1.165) is 30.8 Å². The molecule has 3 rings (SSSR count). The van der Waals surface area contributed by atoms with Gasteiger partial charge in [0.2, 0.25) is 0 Å². The van der Waals surface area contributed by atoms with Crippen LogP contribution in [0, 0.1) is 0 Å². The zero-order valence-electron chi connectivity index (χ0n) is 15.0. The second-order valence-electron chi connectivity index (χ2n) is 6.05. The van der Waals surface area contributed by atoms with E-state index >= 15 is 0 Å². The SMILES string of the molecule is CCOc1ccccc1NC(=S)NCCCc1cccc2ccccc12. The Kier molecular flexibility index (Phi) is 6.45. The first-order valence-electron chi connectivity index (χ1n) is 9.01. The van der Waals surface area contributed by atoms with Gasteiger partial charge in [-0.25, -0.2) is 0 Å². The summed E-state index contributed by atoms with van der Waals surface area (Å²) in [6.45, 7) is 3.43. The molecule has 0 saturated carbocycles. The maximum atomic E-state index is 5.61. The molecule has 0 amide bonds. The van der Waals surface area contributed by atoms with E-state index in [1.165, 1.54) is 16.3 Å². The van der Waals surface area contributed by atoms with Crippen LogP contribution in [0.5, 0.6) is 5.75 Å². The van der Waals surface area contributed by atoms with Crippen LogP contribution in [0.15, 0.2) is 66.7 Å². The Hall–Kier alpha value is -2.59. The fraction of sp³-hybridized carbons (Fsp3) is 0.227. The summed E-state index contributed by atoms with van der Waals surface area (Å²) in [4.78, 5) is 0. The van der Waals surface area contributed by atoms with E-state index in [2.05, 4.69) is 53.1 Å². The monoisotopic (exact) mass is 364 g/mol. The van der Waals surface area contributed by atoms with Gasteiger partial charge in [-0.2, -0.15) is 0 Å². The summed E-state index contributed by atoms with van der Waals surface area (Å²) >= 11 is 5.41. The van der Waals surface area contributed by atoms with Crippen molar-refractivity contribution >= 4 is 33.8 Å². The number of aryl methyl sites for hydroxylation is 1. The van der Waals surface area contributed by atoms with Crippen LogP contribution < -0.4 is 15.4 Å². The minimum Gasteiger partial charge on any atom is -0.492 e. The fourth-order valence-corrected chi connectivity index (χ4v) is 3.22. The predicted molar refractivity (Wildman–Crippen MR) is 114 cm³/mol. The Morgan fingerprint density at radius 3 is 2.62 bits per heavy atom. The second-order valence-corrected chi connectivity index (χ2v) is 6.46. The van der Waals surface area contributed by atoms with Crippen molar-refractivity contribution in [3.63, 3.8) is 0 Å². The molecule has 0 unspecified atom stereocenters. The molecule has 0 spiro atoms. The summed E-state index contributed by atoms with van der Waals surface area (Å²) in [5, 5.41) is 9.75. The van der Waals surface area contributed by atoms with E-state index in [-0.39, 0.29) is 0 Å². The van der Waals surface area contributed by atoms with Gasteiger partial charge in [0.25, 0.3) is 0 Å². The number of anilines is 1. The van der Waals surface area contributed by atoms with Gasteiger partial charge in [-0.05, 0) is 60.5 Å². The average Bonchev–Trinajstić information content (AvgIpc) is 2.67. The molecule has 0 aliphatic heterocycles. The van der Waals surface area contributed by atoms with E-state index in [0.29, 0.717) is 11.7 Å². The highest BCUT2D eigenvalue weighted by Gasteiger charge is 2.04. The molecule has 0 bridgehead atoms. The molecule has 0 heterocycles. The van der Waals surface area contributed by atoms with Crippen molar-refractivity contribution in [1.29, 1.82) is 0 Å². The van der Waals surface area contributed by atoms with Gasteiger partial charge in [0.05, 0.1) is 12.3 Å². The third kappa shape index (κ3) is 4.73.